The van der Waals surface area contributed by atoms with Gasteiger partial charge in [-0.1, -0.05) is 17.3 Å². The zero-order valence-corrected chi connectivity index (χ0v) is 11.4. The highest BCUT2D eigenvalue weighted by molar-refractivity contribution is 5.90. The van der Waals surface area contributed by atoms with Crippen LogP contribution in [0.15, 0.2) is 34.9 Å². The molecule has 1 aromatic heterocycles. The molecule has 0 aliphatic rings. The summed E-state index contributed by atoms with van der Waals surface area (Å²) >= 11 is 0. The van der Waals surface area contributed by atoms with Gasteiger partial charge in [0.05, 0.1) is 7.05 Å². The summed E-state index contributed by atoms with van der Waals surface area (Å²) in [5.41, 5.74) is 0.981. The quantitative estimate of drug-likeness (QED) is 0.849. The van der Waals surface area contributed by atoms with Crippen LogP contribution in [0.1, 0.15) is 11.3 Å². The number of aromatic nitrogens is 1. The third-order valence-corrected chi connectivity index (χ3v) is 2.78. The molecule has 1 amide bonds. The molecule has 2 N–H and O–H groups in total. The van der Waals surface area contributed by atoms with Crippen molar-refractivity contribution in [2.24, 2.45) is 0 Å². The number of hydrogen-bond donors (Lipinski definition) is 2. The van der Waals surface area contributed by atoms with Gasteiger partial charge in [-0.25, -0.2) is 4.39 Å². The van der Waals surface area contributed by atoms with E-state index < -0.39 is 0 Å². The molecule has 20 heavy (non-hydrogen) atoms. The molecule has 0 spiro atoms. The number of nitrogens with one attached hydrogen (secondary N) is 2. The van der Waals surface area contributed by atoms with Crippen LogP contribution >= 0.6 is 0 Å². The Morgan fingerprint density at radius 3 is 2.70 bits per heavy atom. The zero-order chi connectivity index (χ0) is 14.5. The Kier molecular flexibility index (Phi) is 4.47. The molecule has 0 radical (unpaired) electrons. The molecular formula is C14H17FN3O2+. The summed E-state index contributed by atoms with van der Waals surface area (Å²) in [6.07, 6.45) is 0. The van der Waals surface area contributed by atoms with E-state index in [0.29, 0.717) is 24.7 Å². The molecule has 106 valence electrons. The predicted molar refractivity (Wildman–Crippen MR) is 71.7 cm³/mol. The normalized spacial score (nSPS) is 12.2. The monoisotopic (exact) mass is 278 g/mol. The number of carbonyl (C=O) groups is 1. The fourth-order valence-electron chi connectivity index (χ4n) is 1.90. The number of carbonyl (C=O) groups excluding carboxylic acids is 1. The maximum Gasteiger partial charge on any atom is 0.280 e. The SMILES string of the molecule is Cc1cc(NC(=O)C[NH+](C)Cc2ccc(F)cc2)no1. The Bertz CT molecular complexity index is 580. The van der Waals surface area contributed by atoms with E-state index in [9.17, 15) is 9.18 Å². The summed E-state index contributed by atoms with van der Waals surface area (Å²) in [5, 5.41) is 6.36. The summed E-state index contributed by atoms with van der Waals surface area (Å²) in [4.78, 5) is 12.8. The highest BCUT2D eigenvalue weighted by Gasteiger charge is 2.12. The van der Waals surface area contributed by atoms with Crippen LogP contribution in [0.2, 0.25) is 0 Å². The van der Waals surface area contributed by atoms with Crippen molar-refractivity contribution in [2.45, 2.75) is 13.5 Å². The van der Waals surface area contributed by atoms with Crippen LogP contribution in [0, 0.1) is 12.7 Å². The number of benzene rings is 1. The van der Waals surface area contributed by atoms with Crippen LogP contribution in [0.4, 0.5) is 10.2 Å². The molecule has 0 saturated carbocycles. The van der Waals surface area contributed by atoms with Gasteiger partial charge in [-0.15, -0.1) is 0 Å². The summed E-state index contributed by atoms with van der Waals surface area (Å²) in [6, 6.07) is 7.93. The minimum atomic E-state index is -0.259. The maximum atomic E-state index is 12.8. The van der Waals surface area contributed by atoms with Crippen molar-refractivity contribution in [1.29, 1.82) is 0 Å². The number of rotatable bonds is 5. The van der Waals surface area contributed by atoms with Crippen LogP contribution < -0.4 is 10.2 Å². The van der Waals surface area contributed by atoms with E-state index in [2.05, 4.69) is 10.5 Å². The smallest absolute Gasteiger partial charge is 0.280 e. The standard InChI is InChI=1S/C14H16FN3O2/c1-10-7-13(17-20-10)16-14(19)9-18(2)8-11-3-5-12(15)6-4-11/h3-7H,8-9H2,1-2H3,(H,16,17,19)/p+1. The van der Waals surface area contributed by atoms with Gasteiger partial charge in [-0.05, 0) is 19.1 Å². The Morgan fingerprint density at radius 2 is 2.10 bits per heavy atom. The Hall–Kier alpha value is -2.21. The van der Waals surface area contributed by atoms with Crippen molar-refractivity contribution in [1.82, 2.24) is 5.16 Å². The minimum absolute atomic E-state index is 0.141. The molecule has 0 saturated heterocycles. The van der Waals surface area contributed by atoms with E-state index in [-0.39, 0.29) is 11.7 Å². The molecule has 0 bridgehead atoms. The fraction of sp³-hybridized carbons (Fsp3) is 0.286. The third-order valence-electron chi connectivity index (χ3n) is 2.78. The van der Waals surface area contributed by atoms with Crippen LogP contribution in [0.25, 0.3) is 0 Å². The molecule has 0 fully saturated rings. The molecule has 2 rings (SSSR count). The van der Waals surface area contributed by atoms with E-state index >= 15 is 0 Å². The van der Waals surface area contributed by atoms with Gasteiger partial charge in [0, 0.05) is 11.6 Å². The lowest BCUT2D eigenvalue weighted by molar-refractivity contribution is -0.885. The molecule has 0 aliphatic carbocycles. The summed E-state index contributed by atoms with van der Waals surface area (Å²) in [6.45, 7) is 2.70. The second kappa shape index (κ2) is 6.29. The summed E-state index contributed by atoms with van der Waals surface area (Å²) < 4.78 is 17.7. The first-order valence-corrected chi connectivity index (χ1v) is 6.32. The van der Waals surface area contributed by atoms with Crippen molar-refractivity contribution >= 4 is 11.7 Å². The van der Waals surface area contributed by atoms with E-state index in [1.54, 1.807) is 25.1 Å². The molecule has 1 atom stereocenters. The average Bonchev–Trinajstić information content (AvgIpc) is 2.77. The molecule has 1 heterocycles. The lowest BCUT2D eigenvalue weighted by Gasteiger charge is -2.13. The van der Waals surface area contributed by atoms with Crippen LogP contribution in [-0.2, 0) is 11.3 Å². The van der Waals surface area contributed by atoms with E-state index in [1.165, 1.54) is 12.1 Å². The highest BCUT2D eigenvalue weighted by atomic mass is 19.1. The first-order chi connectivity index (χ1) is 9.52. The third kappa shape index (κ3) is 4.17. The average molecular weight is 278 g/mol. The highest BCUT2D eigenvalue weighted by Crippen LogP contribution is 2.06. The van der Waals surface area contributed by atoms with Crippen molar-refractivity contribution in [3.8, 4) is 0 Å². The van der Waals surface area contributed by atoms with Gasteiger partial charge >= 0.3 is 0 Å². The van der Waals surface area contributed by atoms with Crippen molar-refractivity contribution in [3.05, 3.63) is 47.5 Å². The summed E-state index contributed by atoms with van der Waals surface area (Å²) in [5.74, 6) is 0.665. The number of hydrogen-bond acceptors (Lipinski definition) is 3. The Labute approximate surface area is 116 Å². The number of amides is 1. The first kappa shape index (κ1) is 14.2. The second-order valence-electron chi connectivity index (χ2n) is 4.81. The van der Waals surface area contributed by atoms with Gasteiger partial charge in [0.1, 0.15) is 18.1 Å². The van der Waals surface area contributed by atoms with E-state index in [0.717, 1.165) is 10.5 Å². The number of halogens is 1. The number of nitrogens with zero attached hydrogens (tertiary/aromatic N) is 1. The molecule has 5 nitrogen and oxygen atoms in total. The number of quaternary nitrogens is 1. The maximum absolute atomic E-state index is 12.8. The van der Waals surface area contributed by atoms with Crippen molar-refractivity contribution in [2.75, 3.05) is 18.9 Å². The topological polar surface area (TPSA) is 59.6 Å². The lowest BCUT2D eigenvalue weighted by Crippen LogP contribution is -3.08. The molecule has 6 heteroatoms. The van der Waals surface area contributed by atoms with Gasteiger partial charge in [0.15, 0.2) is 12.4 Å². The van der Waals surface area contributed by atoms with Gasteiger partial charge in [0.25, 0.3) is 5.91 Å². The lowest BCUT2D eigenvalue weighted by atomic mass is 10.2. The van der Waals surface area contributed by atoms with Crippen molar-refractivity contribution < 1.29 is 18.6 Å². The Morgan fingerprint density at radius 1 is 1.40 bits per heavy atom. The number of anilines is 1. The largest absolute Gasteiger partial charge is 0.360 e. The van der Waals surface area contributed by atoms with Gasteiger partial charge in [0.2, 0.25) is 0 Å². The molecule has 1 unspecified atom stereocenters. The molecule has 1 aromatic carbocycles. The minimum Gasteiger partial charge on any atom is -0.360 e. The van der Waals surface area contributed by atoms with Crippen LogP contribution in [-0.4, -0.2) is 24.7 Å². The predicted octanol–water partition coefficient (Wildman–Crippen LogP) is 0.776. The fourth-order valence-corrected chi connectivity index (χ4v) is 1.90. The summed E-state index contributed by atoms with van der Waals surface area (Å²) in [7, 11) is 1.90. The zero-order valence-electron chi connectivity index (χ0n) is 11.4. The number of aryl methyl sites for hydroxylation is 1. The van der Waals surface area contributed by atoms with E-state index in [4.69, 9.17) is 4.52 Å². The molecular weight excluding hydrogens is 261 g/mol. The second-order valence-corrected chi connectivity index (χ2v) is 4.81. The number of likely N-dealkylation sites (N-methyl/N-ethyl adjacent to an activating group) is 1. The van der Waals surface area contributed by atoms with Gasteiger partial charge < -0.3 is 14.7 Å². The Balaban J connectivity index is 1.83. The van der Waals surface area contributed by atoms with Gasteiger partial charge in [-0.2, -0.15) is 0 Å². The molecule has 0 aliphatic heterocycles. The molecule has 2 aromatic rings. The first-order valence-electron chi connectivity index (χ1n) is 6.32. The van der Waals surface area contributed by atoms with Crippen LogP contribution in [0.3, 0.4) is 0 Å². The van der Waals surface area contributed by atoms with Gasteiger partial charge in [-0.3, -0.25) is 4.79 Å². The van der Waals surface area contributed by atoms with Crippen molar-refractivity contribution in [3.63, 3.8) is 0 Å². The van der Waals surface area contributed by atoms with Crippen LogP contribution in [0.5, 0.6) is 0 Å². The van der Waals surface area contributed by atoms with E-state index in [1.807, 2.05) is 7.05 Å².